The SMILES string of the molecule is CC[C@@]1(O)C(=O)OCc2c1cc1n(c2=O)Cc2c-1nc1cc(F)c(C)c3c1c2[C@@H](NC(=O)CCCNC(=O)CCC(=O)[C@H](Cc1ccccc1)NC(=O)CCC(=O)CNC(=O)[C@H](CCCCNC(=O)OC(C)(C)C)CC(=O)OCC1c2ccccc2-c2ccccc21)CC3. The van der Waals surface area contributed by atoms with E-state index in [0.717, 1.165) is 33.4 Å². The molecule has 4 aromatic carbocycles. The van der Waals surface area contributed by atoms with Gasteiger partial charge in [0.05, 0.1) is 54.1 Å². The first-order chi connectivity index (χ1) is 45.0. The van der Waals surface area contributed by atoms with Gasteiger partial charge in [-0.25, -0.2) is 19.0 Å². The molecular weight excluding hydrogens is 1210 g/mol. The lowest BCUT2D eigenvalue weighted by Crippen LogP contribution is -2.44. The van der Waals surface area contributed by atoms with Crippen molar-refractivity contribution < 1.29 is 66.9 Å². The molecule has 0 saturated carbocycles. The number of cyclic esters (lactones) is 1. The van der Waals surface area contributed by atoms with Crippen LogP contribution in [-0.2, 0) is 84.2 Å². The Morgan fingerprint density at radius 1 is 0.798 bits per heavy atom. The lowest BCUT2D eigenvalue weighted by Gasteiger charge is -2.31. The van der Waals surface area contributed by atoms with Crippen LogP contribution in [0.25, 0.3) is 33.4 Å². The smallest absolute Gasteiger partial charge is 0.407 e. The Bertz CT molecular complexity index is 3980. The molecule has 4 heterocycles. The van der Waals surface area contributed by atoms with Crippen molar-refractivity contribution in [2.45, 2.75) is 167 Å². The molecule has 4 atom stereocenters. The number of aryl methyl sites for hydroxylation is 1. The highest BCUT2D eigenvalue weighted by molar-refractivity contribution is 5.96. The first-order valence-electron chi connectivity index (χ1n) is 32.4. The number of halogens is 1. The van der Waals surface area contributed by atoms with Crippen LogP contribution in [0.5, 0.6) is 0 Å². The van der Waals surface area contributed by atoms with Gasteiger partial charge in [-0.3, -0.25) is 38.4 Å². The van der Waals surface area contributed by atoms with E-state index in [1.54, 1.807) is 65.0 Å². The zero-order valence-corrected chi connectivity index (χ0v) is 53.6. The van der Waals surface area contributed by atoms with E-state index in [2.05, 4.69) is 26.6 Å². The fourth-order valence-electron chi connectivity index (χ4n) is 13.2. The number of carbonyl (C=O) groups is 9. The van der Waals surface area contributed by atoms with Gasteiger partial charge in [0, 0.05) is 79.6 Å². The zero-order valence-electron chi connectivity index (χ0n) is 53.6. The van der Waals surface area contributed by atoms with E-state index in [1.807, 2.05) is 54.6 Å². The number of Topliss-reactive ketones (excluding diaryl/α,β-unsaturated/α-hetero) is 2. The van der Waals surface area contributed by atoms with Crippen molar-refractivity contribution in [3.05, 3.63) is 157 Å². The molecule has 5 amide bonds. The molecule has 494 valence electrons. The van der Waals surface area contributed by atoms with E-state index >= 15 is 4.39 Å². The highest BCUT2D eigenvalue weighted by Gasteiger charge is 2.46. The molecule has 0 radical (unpaired) electrons. The number of hydrogen-bond donors (Lipinski definition) is 6. The number of unbranched alkanes of at least 4 members (excludes halogenated alkanes) is 1. The summed E-state index contributed by atoms with van der Waals surface area (Å²) in [5.41, 5.74) is 5.72. The van der Waals surface area contributed by atoms with Crippen LogP contribution in [0.15, 0.2) is 95.8 Å². The first kappa shape index (κ1) is 67.4. The number of nitrogens with one attached hydrogen (secondary N) is 5. The maximum absolute atomic E-state index is 15.5. The number of rotatable bonds is 28. The highest BCUT2D eigenvalue weighted by atomic mass is 19.1. The van der Waals surface area contributed by atoms with Crippen LogP contribution in [0.4, 0.5) is 9.18 Å². The molecule has 0 spiro atoms. The van der Waals surface area contributed by atoms with E-state index in [-0.39, 0.29) is 120 Å². The minimum absolute atomic E-state index is 0.0136. The molecular formula is C72H80FN7O14. The van der Waals surface area contributed by atoms with Crippen molar-refractivity contribution in [2.75, 3.05) is 26.2 Å². The van der Waals surface area contributed by atoms with Gasteiger partial charge >= 0.3 is 18.0 Å². The molecule has 0 unspecified atom stereocenters. The molecule has 6 N–H and O–H groups in total. The van der Waals surface area contributed by atoms with Crippen LogP contribution < -0.4 is 32.1 Å². The number of alkyl carbamates (subject to hydrolysis) is 1. The van der Waals surface area contributed by atoms with Crippen molar-refractivity contribution in [2.24, 2.45) is 5.92 Å². The molecule has 2 aromatic heterocycles. The van der Waals surface area contributed by atoms with E-state index in [1.165, 1.54) is 10.6 Å². The number of ether oxygens (including phenoxy) is 3. The Kier molecular flexibility index (Phi) is 21.0. The van der Waals surface area contributed by atoms with E-state index in [9.17, 15) is 53.1 Å². The Morgan fingerprint density at radius 3 is 2.20 bits per heavy atom. The first-order valence-corrected chi connectivity index (χ1v) is 32.4. The Labute approximate surface area is 543 Å². The summed E-state index contributed by atoms with van der Waals surface area (Å²) in [7, 11) is 0. The number of hydrogen-bond acceptors (Lipinski definition) is 15. The quantitative estimate of drug-likeness (QED) is 0.0153. The minimum Gasteiger partial charge on any atom is -0.465 e. The highest BCUT2D eigenvalue weighted by Crippen LogP contribution is 2.47. The second-order valence-electron chi connectivity index (χ2n) is 25.7. The van der Waals surface area contributed by atoms with Gasteiger partial charge in [0.2, 0.25) is 23.6 Å². The molecule has 10 rings (SSSR count). The Hall–Kier alpha value is -9.44. The third kappa shape index (κ3) is 15.3. The average molecular weight is 1290 g/mol. The monoisotopic (exact) mass is 1290 g/mol. The van der Waals surface area contributed by atoms with Crippen LogP contribution in [-0.4, -0.2) is 106 Å². The van der Waals surface area contributed by atoms with E-state index < -0.39 is 94.4 Å². The third-order valence-electron chi connectivity index (χ3n) is 18.1. The number of fused-ring (bicyclic) bond motifs is 8. The van der Waals surface area contributed by atoms with Gasteiger partial charge in [-0.2, -0.15) is 0 Å². The molecule has 21 nitrogen and oxygen atoms in total. The normalized spacial score (nSPS) is 16.4. The number of aromatic nitrogens is 2. The van der Waals surface area contributed by atoms with Crippen molar-refractivity contribution in [1.82, 2.24) is 36.1 Å². The standard InChI is InChI=1S/C72H80FN7O14/c1-6-72(91)53-35-58-66-50(38-80(58)68(88)52(53)40-93-69(72)89)65-55(27-26-45-41(2)54(73)36-57(79-66)64(45)65)77-61(84)24-16-32-74-60(83)30-28-59(82)56(33-42-17-8-7-9-18-42)78-62(85)29-25-44(81)37-76-67(87)43(19-14-15-31-75-70(90)94-71(3,4)5)34-63(86)92-39-51-48-22-12-10-20-46(48)47-21-11-13-23-49(47)51/h7-13,17-18,20-23,35-36,43,51,55-56,91H,6,14-16,19,24-34,37-40H2,1-5H3,(H,74,83)(H,75,90)(H,76,87)(H,77,84)(H,78,85)/t43-,55+,56+,72+/m1/s1. The number of esters is 2. The number of carbonyl (C=O) groups excluding carboxylic acids is 9. The lowest BCUT2D eigenvalue weighted by molar-refractivity contribution is -0.172. The van der Waals surface area contributed by atoms with Gasteiger partial charge < -0.3 is 50.5 Å². The number of benzene rings is 4. The molecule has 0 saturated heterocycles. The molecule has 94 heavy (non-hydrogen) atoms. The molecule has 0 fully saturated rings. The van der Waals surface area contributed by atoms with Gasteiger partial charge in [0.25, 0.3) is 5.56 Å². The van der Waals surface area contributed by atoms with E-state index in [4.69, 9.17) is 19.2 Å². The number of ketones is 2. The topological polar surface area (TPSA) is 297 Å². The Balaban J connectivity index is 0.694. The molecule has 22 heteroatoms. The number of amides is 5. The number of aliphatic hydroxyl groups is 1. The summed E-state index contributed by atoms with van der Waals surface area (Å²) in [6, 6.07) is 26.2. The molecule has 4 aliphatic rings. The maximum Gasteiger partial charge on any atom is 0.407 e. The largest absolute Gasteiger partial charge is 0.465 e. The van der Waals surface area contributed by atoms with Crippen molar-refractivity contribution in [3.63, 3.8) is 0 Å². The van der Waals surface area contributed by atoms with Crippen LogP contribution in [0.3, 0.4) is 0 Å². The van der Waals surface area contributed by atoms with Crippen molar-refractivity contribution >= 4 is 64.1 Å². The summed E-state index contributed by atoms with van der Waals surface area (Å²) in [5.74, 6) is -5.76. The summed E-state index contributed by atoms with van der Waals surface area (Å²) < 4.78 is 33.4. The van der Waals surface area contributed by atoms with E-state index in [0.29, 0.717) is 64.7 Å². The van der Waals surface area contributed by atoms with Gasteiger partial charge in [0.15, 0.2) is 17.2 Å². The van der Waals surface area contributed by atoms with Crippen molar-refractivity contribution in [3.8, 4) is 22.5 Å². The second kappa shape index (κ2) is 29.2. The summed E-state index contributed by atoms with van der Waals surface area (Å²) >= 11 is 0. The van der Waals surface area contributed by atoms with Gasteiger partial charge in [-0.15, -0.1) is 0 Å². The second-order valence-corrected chi connectivity index (χ2v) is 25.7. The zero-order chi connectivity index (χ0) is 67.0. The van der Waals surface area contributed by atoms with Crippen LogP contribution in [0.2, 0.25) is 0 Å². The summed E-state index contributed by atoms with van der Waals surface area (Å²) in [6.07, 6.45) is 0.476. The fourth-order valence-corrected chi connectivity index (χ4v) is 13.2. The maximum atomic E-state index is 15.5. The number of pyridine rings is 2. The van der Waals surface area contributed by atoms with Gasteiger partial charge in [-0.05, 0) is 123 Å². The molecule has 0 bridgehead atoms. The molecule has 6 aromatic rings. The van der Waals surface area contributed by atoms with Crippen LogP contribution in [0, 0.1) is 18.7 Å². The van der Waals surface area contributed by atoms with Crippen LogP contribution >= 0.6 is 0 Å². The number of nitrogens with zero attached hydrogens (tertiary/aromatic N) is 2. The van der Waals surface area contributed by atoms with Gasteiger partial charge in [0.1, 0.15) is 24.6 Å². The summed E-state index contributed by atoms with van der Waals surface area (Å²) in [6.45, 7) is 8.35. The molecule has 2 aliphatic heterocycles. The fraction of sp³-hybridized carbons (Fsp3) is 0.431. The predicted octanol–water partition coefficient (Wildman–Crippen LogP) is 8.13. The van der Waals surface area contributed by atoms with Crippen molar-refractivity contribution in [1.29, 1.82) is 0 Å². The molecule has 2 aliphatic carbocycles. The van der Waals surface area contributed by atoms with Crippen LogP contribution in [0.1, 0.15) is 167 Å². The Morgan fingerprint density at radius 2 is 1.49 bits per heavy atom. The average Bonchev–Trinajstić information content (AvgIpc) is 1.46. The van der Waals surface area contributed by atoms with Gasteiger partial charge in [-0.1, -0.05) is 92.2 Å². The predicted molar refractivity (Wildman–Crippen MR) is 345 cm³/mol. The summed E-state index contributed by atoms with van der Waals surface area (Å²) in [5, 5.41) is 26.1. The third-order valence-corrected chi connectivity index (χ3v) is 18.1. The summed E-state index contributed by atoms with van der Waals surface area (Å²) in [4.78, 5) is 139. The minimum atomic E-state index is -2.05. The lowest BCUT2D eigenvalue weighted by atomic mass is 9.81.